The molecule has 0 aromatic heterocycles. The van der Waals surface area contributed by atoms with E-state index in [1.807, 2.05) is 0 Å². The van der Waals surface area contributed by atoms with E-state index in [4.69, 9.17) is 5.73 Å². The third-order valence-corrected chi connectivity index (χ3v) is 2.83. The Balaban J connectivity index is 0.00000169. The van der Waals surface area contributed by atoms with E-state index in [1.54, 1.807) is 0 Å². The van der Waals surface area contributed by atoms with Crippen LogP contribution in [0.4, 0.5) is 0 Å². The Labute approximate surface area is 93.8 Å². The molecule has 0 fully saturated rings. The molecule has 0 saturated carbocycles. The highest BCUT2D eigenvalue weighted by atomic mass is 35.5. The van der Waals surface area contributed by atoms with E-state index in [1.165, 1.54) is 44.9 Å². The molecule has 0 radical (unpaired) electrons. The number of nitrogens with two attached hydrogens (primary N) is 1. The molecule has 1 atom stereocenters. The van der Waals surface area contributed by atoms with Crippen LogP contribution in [-0.4, -0.2) is 12.4 Å². The van der Waals surface area contributed by atoms with Crippen LogP contribution in [0.15, 0.2) is 4.99 Å². The lowest BCUT2D eigenvalue weighted by molar-refractivity contribution is 0.492. The van der Waals surface area contributed by atoms with Crippen molar-refractivity contribution >= 4 is 18.2 Å². The topological polar surface area (TPSA) is 38.4 Å². The number of hydrogen-bond donors (Lipinski definition) is 1. The lowest BCUT2D eigenvalue weighted by Gasteiger charge is -2.19. The average Bonchev–Trinajstić information content (AvgIpc) is 2.15. The Bertz CT molecular complexity index is 169. The van der Waals surface area contributed by atoms with E-state index in [9.17, 15) is 0 Å². The van der Waals surface area contributed by atoms with Crippen molar-refractivity contribution in [3.05, 3.63) is 0 Å². The Kier molecular flexibility index (Phi) is 7.96. The number of halogens is 1. The second-order valence-electron chi connectivity index (χ2n) is 4.00. The van der Waals surface area contributed by atoms with Crippen LogP contribution in [0.5, 0.6) is 0 Å². The molecule has 14 heavy (non-hydrogen) atoms. The highest BCUT2D eigenvalue weighted by molar-refractivity contribution is 5.85. The minimum Gasteiger partial charge on any atom is -0.387 e. The average molecular weight is 219 g/mol. The van der Waals surface area contributed by atoms with Gasteiger partial charge in [-0.1, -0.05) is 32.6 Å². The summed E-state index contributed by atoms with van der Waals surface area (Å²) >= 11 is 0. The Hall–Kier alpha value is -0.240. The lowest BCUT2D eigenvalue weighted by Crippen LogP contribution is -2.27. The monoisotopic (exact) mass is 218 g/mol. The zero-order valence-corrected chi connectivity index (χ0v) is 9.98. The van der Waals surface area contributed by atoms with Crippen molar-refractivity contribution in [1.29, 1.82) is 0 Å². The fourth-order valence-electron chi connectivity index (χ4n) is 1.93. The van der Waals surface area contributed by atoms with E-state index in [0.717, 1.165) is 12.4 Å². The Morgan fingerprint density at radius 3 is 2.79 bits per heavy atom. The molecule has 2 N–H and O–H groups in total. The Morgan fingerprint density at radius 2 is 2.14 bits per heavy atom. The van der Waals surface area contributed by atoms with Gasteiger partial charge in [-0.05, 0) is 19.3 Å². The summed E-state index contributed by atoms with van der Waals surface area (Å²) in [6.07, 6.45) is 9.13. The van der Waals surface area contributed by atoms with Gasteiger partial charge in [-0.3, -0.25) is 4.99 Å². The smallest absolute Gasteiger partial charge is 0.0968 e. The molecule has 0 amide bonds. The normalized spacial score (nSPS) is 21.2. The first-order chi connectivity index (χ1) is 6.34. The summed E-state index contributed by atoms with van der Waals surface area (Å²) in [5.74, 6) is 1.52. The van der Waals surface area contributed by atoms with Crippen molar-refractivity contribution < 1.29 is 0 Å². The van der Waals surface area contributed by atoms with Gasteiger partial charge in [-0.25, -0.2) is 0 Å². The molecule has 0 aromatic carbocycles. The van der Waals surface area contributed by atoms with E-state index in [0.29, 0.717) is 5.92 Å². The summed E-state index contributed by atoms with van der Waals surface area (Å²) in [5, 5.41) is 0. The molecule has 1 unspecified atom stereocenters. The van der Waals surface area contributed by atoms with Gasteiger partial charge in [0.15, 0.2) is 0 Å². The summed E-state index contributed by atoms with van der Waals surface area (Å²) in [6, 6.07) is 0. The highest BCUT2D eigenvalue weighted by Crippen LogP contribution is 2.19. The van der Waals surface area contributed by atoms with Gasteiger partial charge in [-0.2, -0.15) is 0 Å². The number of amidine groups is 1. The number of hydrogen-bond acceptors (Lipinski definition) is 2. The van der Waals surface area contributed by atoms with E-state index < -0.39 is 0 Å². The fourth-order valence-corrected chi connectivity index (χ4v) is 1.93. The van der Waals surface area contributed by atoms with Gasteiger partial charge < -0.3 is 5.73 Å². The molecule has 1 aliphatic heterocycles. The first-order valence-corrected chi connectivity index (χ1v) is 5.64. The largest absolute Gasteiger partial charge is 0.387 e. The van der Waals surface area contributed by atoms with Crippen LogP contribution < -0.4 is 5.73 Å². The first-order valence-electron chi connectivity index (χ1n) is 5.64. The second kappa shape index (κ2) is 8.10. The molecule has 84 valence electrons. The SMILES string of the molecule is CCCCCCC1CCCN=C1N.Cl. The molecular weight excluding hydrogens is 196 g/mol. The molecule has 0 saturated heterocycles. The maximum atomic E-state index is 5.84. The van der Waals surface area contributed by atoms with Gasteiger partial charge in [0.2, 0.25) is 0 Å². The van der Waals surface area contributed by atoms with Gasteiger partial charge in [-0.15, -0.1) is 12.4 Å². The van der Waals surface area contributed by atoms with Gasteiger partial charge >= 0.3 is 0 Å². The summed E-state index contributed by atoms with van der Waals surface area (Å²) in [4.78, 5) is 4.30. The van der Waals surface area contributed by atoms with Gasteiger partial charge in [0.1, 0.15) is 0 Å². The highest BCUT2D eigenvalue weighted by Gasteiger charge is 2.15. The van der Waals surface area contributed by atoms with Gasteiger partial charge in [0.05, 0.1) is 5.84 Å². The van der Waals surface area contributed by atoms with Crippen LogP contribution in [0.2, 0.25) is 0 Å². The predicted octanol–water partition coefficient (Wildman–Crippen LogP) is 3.15. The van der Waals surface area contributed by atoms with Gasteiger partial charge in [0.25, 0.3) is 0 Å². The van der Waals surface area contributed by atoms with Crippen molar-refractivity contribution in [3.8, 4) is 0 Å². The van der Waals surface area contributed by atoms with Crippen LogP contribution in [-0.2, 0) is 0 Å². The van der Waals surface area contributed by atoms with Crippen molar-refractivity contribution in [2.75, 3.05) is 6.54 Å². The third kappa shape index (κ3) is 4.85. The van der Waals surface area contributed by atoms with E-state index in [2.05, 4.69) is 11.9 Å². The molecule has 0 aliphatic carbocycles. The van der Waals surface area contributed by atoms with Crippen LogP contribution >= 0.6 is 12.4 Å². The van der Waals surface area contributed by atoms with E-state index in [-0.39, 0.29) is 12.4 Å². The molecule has 0 bridgehead atoms. The number of aliphatic imine (C=N–C) groups is 1. The van der Waals surface area contributed by atoms with Crippen LogP contribution in [0.25, 0.3) is 0 Å². The fraction of sp³-hybridized carbons (Fsp3) is 0.909. The predicted molar refractivity (Wildman–Crippen MR) is 65.2 cm³/mol. The number of nitrogens with zero attached hydrogens (tertiary/aromatic N) is 1. The lowest BCUT2D eigenvalue weighted by atomic mass is 9.93. The molecule has 1 heterocycles. The molecular formula is C11H23ClN2. The first kappa shape index (κ1) is 13.8. The standard InChI is InChI=1S/C11H22N2.ClH/c1-2-3-4-5-7-10-8-6-9-13-11(10)12;/h10H,2-9H2,1H3,(H2,12,13);1H. The molecule has 0 spiro atoms. The minimum atomic E-state index is 0. The van der Waals surface area contributed by atoms with Crippen LogP contribution in [0, 0.1) is 5.92 Å². The third-order valence-electron chi connectivity index (χ3n) is 2.83. The molecule has 3 heteroatoms. The van der Waals surface area contributed by atoms with Crippen molar-refractivity contribution in [3.63, 3.8) is 0 Å². The zero-order chi connectivity index (χ0) is 9.52. The van der Waals surface area contributed by atoms with Gasteiger partial charge in [0, 0.05) is 12.5 Å². The number of rotatable bonds is 5. The summed E-state index contributed by atoms with van der Waals surface area (Å²) in [5.41, 5.74) is 5.84. The van der Waals surface area contributed by atoms with Crippen molar-refractivity contribution in [2.24, 2.45) is 16.6 Å². The quantitative estimate of drug-likeness (QED) is 0.708. The minimum absolute atomic E-state index is 0. The summed E-state index contributed by atoms with van der Waals surface area (Å²) in [7, 11) is 0. The molecule has 1 rings (SSSR count). The van der Waals surface area contributed by atoms with Crippen molar-refractivity contribution in [1.82, 2.24) is 0 Å². The molecule has 1 aliphatic rings. The zero-order valence-electron chi connectivity index (χ0n) is 9.17. The summed E-state index contributed by atoms with van der Waals surface area (Å²) < 4.78 is 0. The maximum Gasteiger partial charge on any atom is 0.0968 e. The second-order valence-corrected chi connectivity index (χ2v) is 4.00. The maximum absolute atomic E-state index is 5.84. The van der Waals surface area contributed by atoms with Crippen LogP contribution in [0.3, 0.4) is 0 Å². The van der Waals surface area contributed by atoms with Crippen molar-refractivity contribution in [2.45, 2.75) is 51.9 Å². The Morgan fingerprint density at radius 1 is 1.36 bits per heavy atom. The van der Waals surface area contributed by atoms with E-state index >= 15 is 0 Å². The number of unbranched alkanes of at least 4 members (excludes halogenated alkanes) is 3. The molecule has 2 nitrogen and oxygen atoms in total. The van der Waals surface area contributed by atoms with Crippen LogP contribution in [0.1, 0.15) is 51.9 Å². The molecule has 0 aromatic rings. The summed E-state index contributed by atoms with van der Waals surface area (Å²) in [6.45, 7) is 3.20.